The van der Waals surface area contributed by atoms with Crippen LogP contribution in [0.25, 0.3) is 10.9 Å². The summed E-state index contributed by atoms with van der Waals surface area (Å²) in [6.07, 6.45) is 3.15. The van der Waals surface area contributed by atoms with Crippen molar-refractivity contribution in [2.75, 3.05) is 25.1 Å². The van der Waals surface area contributed by atoms with E-state index in [1.807, 2.05) is 54.4 Å². The Kier molecular flexibility index (Phi) is 7.60. The second-order valence-electron chi connectivity index (χ2n) is 10.1. The fraction of sp³-hybridized carbons (Fsp3) is 0.367. The highest BCUT2D eigenvalue weighted by Crippen LogP contribution is 2.29. The number of para-hydroxylation sites is 1. The maximum absolute atomic E-state index is 13.7. The molecule has 0 radical (unpaired) electrons. The van der Waals surface area contributed by atoms with E-state index < -0.39 is 0 Å². The molecule has 5 rings (SSSR count). The molecule has 8 heteroatoms. The molecular formula is C30H35N5O3. The fourth-order valence-electron chi connectivity index (χ4n) is 5.10. The largest absolute Gasteiger partial charge is 0.497 e. The van der Waals surface area contributed by atoms with E-state index in [4.69, 9.17) is 9.72 Å². The van der Waals surface area contributed by atoms with E-state index >= 15 is 0 Å². The molecule has 3 heterocycles. The predicted octanol–water partition coefficient (Wildman–Crippen LogP) is 4.25. The number of nitrogens with zero attached hydrogens (tertiary/aromatic N) is 5. The summed E-state index contributed by atoms with van der Waals surface area (Å²) in [5.74, 6) is 1.59. The van der Waals surface area contributed by atoms with Gasteiger partial charge in [0.05, 0.1) is 24.4 Å². The Morgan fingerprint density at radius 3 is 2.66 bits per heavy atom. The van der Waals surface area contributed by atoms with Crippen LogP contribution in [-0.4, -0.2) is 57.0 Å². The number of hydrogen-bond acceptors (Lipinski definition) is 6. The summed E-state index contributed by atoms with van der Waals surface area (Å²) in [5.41, 5.74) is 4.91. The highest BCUT2D eigenvalue weighted by Gasteiger charge is 2.25. The minimum atomic E-state index is -0.383. The fourth-order valence-corrected chi connectivity index (χ4v) is 5.10. The van der Waals surface area contributed by atoms with Crippen LogP contribution in [0.15, 0.2) is 60.8 Å². The Bertz CT molecular complexity index is 1420. The van der Waals surface area contributed by atoms with Crippen molar-refractivity contribution in [3.05, 3.63) is 83.2 Å². The van der Waals surface area contributed by atoms with Crippen molar-refractivity contribution in [2.45, 2.75) is 52.4 Å². The molecule has 1 aliphatic heterocycles. The van der Waals surface area contributed by atoms with Crippen LogP contribution in [0, 0.1) is 13.8 Å². The quantitative estimate of drug-likeness (QED) is 0.379. The predicted molar refractivity (Wildman–Crippen MR) is 148 cm³/mol. The van der Waals surface area contributed by atoms with Crippen LogP contribution in [0.4, 0.5) is 5.82 Å². The third-order valence-corrected chi connectivity index (χ3v) is 7.12. The van der Waals surface area contributed by atoms with Crippen LogP contribution < -0.4 is 9.64 Å². The number of rotatable bonds is 8. The highest BCUT2D eigenvalue weighted by atomic mass is 16.5. The molecule has 198 valence electrons. The average Bonchev–Trinajstić information content (AvgIpc) is 3.32. The Balaban J connectivity index is 1.52. The third-order valence-electron chi connectivity index (χ3n) is 7.12. The molecule has 0 aliphatic carbocycles. The maximum atomic E-state index is 13.7. The molecule has 38 heavy (non-hydrogen) atoms. The molecule has 1 amide bonds. The minimum absolute atomic E-state index is 0.0297. The summed E-state index contributed by atoms with van der Waals surface area (Å²) in [5, 5.41) is 15.9. The van der Waals surface area contributed by atoms with Crippen LogP contribution in [0.1, 0.15) is 35.2 Å². The average molecular weight is 514 g/mol. The van der Waals surface area contributed by atoms with Crippen molar-refractivity contribution in [1.29, 1.82) is 0 Å². The normalized spacial score (nSPS) is 15.6. The number of piperidine rings is 1. The zero-order chi connectivity index (χ0) is 26.6. The Morgan fingerprint density at radius 2 is 1.95 bits per heavy atom. The van der Waals surface area contributed by atoms with Gasteiger partial charge in [-0.1, -0.05) is 30.3 Å². The van der Waals surface area contributed by atoms with E-state index in [1.54, 1.807) is 11.8 Å². The van der Waals surface area contributed by atoms with Gasteiger partial charge >= 0.3 is 0 Å². The van der Waals surface area contributed by atoms with E-state index in [9.17, 15) is 9.90 Å². The number of carbonyl (C=O) groups is 1. The summed E-state index contributed by atoms with van der Waals surface area (Å²) < 4.78 is 7.00. The Morgan fingerprint density at radius 1 is 1.13 bits per heavy atom. The first-order valence-electron chi connectivity index (χ1n) is 13.1. The van der Waals surface area contributed by atoms with E-state index in [1.165, 1.54) is 0 Å². The van der Waals surface area contributed by atoms with Crippen LogP contribution in [0.3, 0.4) is 0 Å². The van der Waals surface area contributed by atoms with Gasteiger partial charge in [-0.2, -0.15) is 5.10 Å². The van der Waals surface area contributed by atoms with Crippen LogP contribution in [-0.2, 0) is 24.4 Å². The maximum Gasteiger partial charge on any atom is 0.244 e. The number of hydrogen-bond donors (Lipinski definition) is 1. The summed E-state index contributed by atoms with van der Waals surface area (Å²) >= 11 is 0. The Hall–Kier alpha value is -3.91. The van der Waals surface area contributed by atoms with E-state index in [-0.39, 0.29) is 18.6 Å². The molecule has 2 aromatic heterocycles. The van der Waals surface area contributed by atoms with E-state index in [0.29, 0.717) is 19.6 Å². The SMILES string of the molecule is COc1ccc(CN(Cc2cc3cccc(C)c3nc2N2CCCC(O)C2)C(=O)Cn2ccc(C)n2)cc1. The number of aromatic nitrogens is 3. The van der Waals surface area contributed by atoms with Gasteiger partial charge in [0.25, 0.3) is 0 Å². The molecule has 0 bridgehead atoms. The number of amides is 1. The summed E-state index contributed by atoms with van der Waals surface area (Å²) in [4.78, 5) is 22.8. The van der Waals surface area contributed by atoms with Crippen LogP contribution in [0.2, 0.25) is 0 Å². The van der Waals surface area contributed by atoms with Gasteiger partial charge < -0.3 is 19.6 Å². The van der Waals surface area contributed by atoms with Gasteiger partial charge in [-0.05, 0) is 62.1 Å². The molecular weight excluding hydrogens is 478 g/mol. The molecule has 1 saturated heterocycles. The number of aliphatic hydroxyl groups excluding tert-OH is 1. The minimum Gasteiger partial charge on any atom is -0.497 e. The molecule has 1 fully saturated rings. The monoisotopic (exact) mass is 513 g/mol. The van der Waals surface area contributed by atoms with Crippen molar-refractivity contribution >= 4 is 22.6 Å². The molecule has 0 saturated carbocycles. The first-order chi connectivity index (χ1) is 18.4. The first-order valence-corrected chi connectivity index (χ1v) is 13.1. The zero-order valence-corrected chi connectivity index (χ0v) is 22.3. The number of ether oxygens (including phenoxy) is 1. The molecule has 1 atom stereocenters. The van der Waals surface area contributed by atoms with E-state index in [0.717, 1.165) is 64.2 Å². The third kappa shape index (κ3) is 5.81. The highest BCUT2D eigenvalue weighted by molar-refractivity contribution is 5.85. The number of β-amino-alcohol motifs (C(OH)–C–C–N with tert-alkyl or cyclic N) is 1. The van der Waals surface area contributed by atoms with Crippen molar-refractivity contribution < 1.29 is 14.6 Å². The topological polar surface area (TPSA) is 83.7 Å². The lowest BCUT2D eigenvalue weighted by molar-refractivity contribution is -0.133. The molecule has 2 aromatic carbocycles. The summed E-state index contributed by atoms with van der Waals surface area (Å²) in [6.45, 7) is 6.33. The van der Waals surface area contributed by atoms with Gasteiger partial charge in [-0.15, -0.1) is 0 Å². The lowest BCUT2D eigenvalue weighted by Gasteiger charge is -2.33. The summed E-state index contributed by atoms with van der Waals surface area (Å²) in [7, 11) is 1.64. The van der Waals surface area contributed by atoms with Gasteiger partial charge in [-0.3, -0.25) is 9.48 Å². The molecule has 1 aliphatic rings. The number of pyridine rings is 1. The smallest absolute Gasteiger partial charge is 0.244 e. The standard InChI is InChI=1S/C30H35N5O3/c1-21-6-4-7-24-16-25(30(31-29(21)24)33-14-5-8-26(36)19-33)18-34(17-23-9-11-27(38-3)12-10-23)28(37)20-35-15-13-22(2)32-35/h4,6-7,9-13,15-16,26,36H,5,8,14,17-20H2,1-3H3. The second-order valence-corrected chi connectivity index (χ2v) is 10.1. The van der Waals surface area contributed by atoms with Gasteiger partial charge in [0.2, 0.25) is 5.91 Å². The molecule has 0 spiro atoms. The Labute approximate surface area is 223 Å². The second kappa shape index (κ2) is 11.2. The molecule has 1 N–H and O–H groups in total. The van der Waals surface area contributed by atoms with Crippen LogP contribution in [0.5, 0.6) is 5.75 Å². The zero-order valence-electron chi connectivity index (χ0n) is 22.3. The number of methoxy groups -OCH3 is 1. The van der Waals surface area contributed by atoms with Gasteiger partial charge in [0, 0.05) is 43.3 Å². The van der Waals surface area contributed by atoms with Crippen molar-refractivity contribution in [2.24, 2.45) is 0 Å². The van der Waals surface area contributed by atoms with Crippen molar-refractivity contribution in [3.63, 3.8) is 0 Å². The number of anilines is 1. The summed E-state index contributed by atoms with van der Waals surface area (Å²) in [6, 6.07) is 18.0. The van der Waals surface area contributed by atoms with Crippen molar-refractivity contribution in [3.8, 4) is 5.75 Å². The lowest BCUT2D eigenvalue weighted by Crippen LogP contribution is -2.40. The van der Waals surface area contributed by atoms with Crippen LogP contribution >= 0.6 is 0 Å². The number of benzene rings is 2. The lowest BCUT2D eigenvalue weighted by atomic mass is 10.0. The van der Waals surface area contributed by atoms with Gasteiger partial charge in [0.1, 0.15) is 18.1 Å². The number of aryl methyl sites for hydroxylation is 2. The first kappa shape index (κ1) is 25.7. The van der Waals surface area contributed by atoms with Gasteiger partial charge in [0.15, 0.2) is 0 Å². The molecule has 4 aromatic rings. The van der Waals surface area contributed by atoms with Gasteiger partial charge in [-0.25, -0.2) is 4.98 Å². The van der Waals surface area contributed by atoms with E-state index in [2.05, 4.69) is 35.1 Å². The molecule has 1 unspecified atom stereocenters. The van der Waals surface area contributed by atoms with Crippen molar-refractivity contribution in [1.82, 2.24) is 19.7 Å². The number of carbonyl (C=O) groups excluding carboxylic acids is 1. The molecule has 8 nitrogen and oxygen atoms in total. The number of aliphatic hydroxyl groups is 1. The number of fused-ring (bicyclic) bond motifs is 1.